The second kappa shape index (κ2) is 10.0. The lowest BCUT2D eigenvalue weighted by molar-refractivity contribution is 0.0832. The predicted molar refractivity (Wildman–Crippen MR) is 106 cm³/mol. The molecule has 1 aromatic rings. The minimum Gasteiger partial charge on any atom is -0.453 e. The molecule has 3 rings (SSSR count). The molecule has 0 spiro atoms. The number of nitrogens with one attached hydrogen (secondary N) is 1. The summed E-state index contributed by atoms with van der Waals surface area (Å²) in [4.78, 5) is 26.3. The number of rotatable bonds is 6. The Morgan fingerprint density at radius 3 is 2.32 bits per heavy atom. The van der Waals surface area contributed by atoms with E-state index in [1.54, 1.807) is 12.1 Å². The molecule has 1 N–H and O–H groups in total. The average molecular weight is 390 g/mol. The molecule has 2 fully saturated rings. The second-order valence-electron chi connectivity index (χ2n) is 8.13. The zero-order chi connectivity index (χ0) is 19.9. The van der Waals surface area contributed by atoms with Crippen LogP contribution in [0.1, 0.15) is 55.3 Å². The molecule has 1 amide bonds. The molecule has 2 aliphatic rings. The number of nitrogens with zero attached hydrogens (tertiary/aromatic N) is 1. The van der Waals surface area contributed by atoms with Crippen LogP contribution in [0.15, 0.2) is 24.3 Å². The van der Waals surface area contributed by atoms with Crippen LogP contribution in [0.4, 0.5) is 9.18 Å². The second-order valence-corrected chi connectivity index (χ2v) is 8.13. The smallest absolute Gasteiger partial charge is 0.407 e. The van der Waals surface area contributed by atoms with Crippen molar-refractivity contribution < 1.29 is 18.7 Å². The van der Waals surface area contributed by atoms with Gasteiger partial charge >= 0.3 is 6.09 Å². The van der Waals surface area contributed by atoms with Crippen LogP contribution in [0.25, 0.3) is 0 Å². The number of alkyl carbamates (subject to hydrolysis) is 1. The van der Waals surface area contributed by atoms with E-state index in [2.05, 4.69) is 15.0 Å². The first-order valence-corrected chi connectivity index (χ1v) is 10.4. The molecule has 0 aromatic heterocycles. The van der Waals surface area contributed by atoms with Gasteiger partial charge in [0, 0.05) is 17.5 Å². The molecule has 1 heterocycles. The van der Waals surface area contributed by atoms with Crippen LogP contribution in [0, 0.1) is 17.7 Å². The first-order chi connectivity index (χ1) is 13.5. The normalized spacial score (nSPS) is 23.9. The fourth-order valence-electron chi connectivity index (χ4n) is 4.45. The molecule has 6 heteroatoms. The highest BCUT2D eigenvalue weighted by Gasteiger charge is 2.27. The molecule has 5 nitrogen and oxygen atoms in total. The predicted octanol–water partition coefficient (Wildman–Crippen LogP) is 4.03. The number of carbonyl (C=O) groups is 2. The van der Waals surface area contributed by atoms with Crippen molar-refractivity contribution >= 4 is 11.9 Å². The Bertz CT molecular complexity index is 648. The minimum atomic E-state index is -0.332. The number of amides is 1. The summed E-state index contributed by atoms with van der Waals surface area (Å²) in [5, 5.41) is 2.90. The van der Waals surface area contributed by atoms with E-state index in [0.717, 1.165) is 58.2 Å². The van der Waals surface area contributed by atoms with Crippen LogP contribution in [-0.2, 0) is 4.74 Å². The Hall–Kier alpha value is -1.95. The molecule has 28 heavy (non-hydrogen) atoms. The van der Waals surface area contributed by atoms with Crippen molar-refractivity contribution in [2.45, 2.75) is 51.0 Å². The van der Waals surface area contributed by atoms with Gasteiger partial charge in [0.05, 0.1) is 7.11 Å². The summed E-state index contributed by atoms with van der Waals surface area (Å²) in [5.41, 5.74) is 0.622. The molecular formula is C22H31FN2O3. The third-order valence-corrected chi connectivity index (χ3v) is 6.29. The highest BCUT2D eigenvalue weighted by molar-refractivity contribution is 5.97. The summed E-state index contributed by atoms with van der Waals surface area (Å²) in [5.74, 6) is 0.619. The van der Waals surface area contributed by atoms with Gasteiger partial charge in [-0.1, -0.05) is 0 Å². The van der Waals surface area contributed by atoms with Crippen LogP contribution < -0.4 is 5.32 Å². The van der Waals surface area contributed by atoms with E-state index in [4.69, 9.17) is 0 Å². The van der Waals surface area contributed by atoms with Gasteiger partial charge in [-0.05, 0) is 94.8 Å². The van der Waals surface area contributed by atoms with Gasteiger partial charge in [-0.3, -0.25) is 4.79 Å². The SMILES string of the molecule is COC(=O)N[C@H]1CC[C@H](CCN2CCC(C(=O)c3ccc(F)cc3)CC2)CC1. The Kier molecular flexibility index (Phi) is 7.43. The van der Waals surface area contributed by atoms with E-state index >= 15 is 0 Å². The fourth-order valence-corrected chi connectivity index (χ4v) is 4.45. The van der Waals surface area contributed by atoms with E-state index in [0.29, 0.717) is 11.5 Å². The molecule has 1 saturated heterocycles. The van der Waals surface area contributed by atoms with Gasteiger partial charge in [0.25, 0.3) is 0 Å². The molecule has 1 saturated carbocycles. The van der Waals surface area contributed by atoms with E-state index in [1.807, 2.05) is 0 Å². The van der Waals surface area contributed by atoms with Crippen LogP contribution >= 0.6 is 0 Å². The van der Waals surface area contributed by atoms with E-state index < -0.39 is 0 Å². The number of hydrogen-bond donors (Lipinski definition) is 1. The number of halogens is 1. The quantitative estimate of drug-likeness (QED) is 0.745. The van der Waals surface area contributed by atoms with Crippen LogP contribution in [-0.4, -0.2) is 49.6 Å². The third kappa shape index (κ3) is 5.77. The summed E-state index contributed by atoms with van der Waals surface area (Å²) >= 11 is 0. The van der Waals surface area contributed by atoms with Crippen molar-refractivity contribution in [3.05, 3.63) is 35.6 Å². The van der Waals surface area contributed by atoms with E-state index in [1.165, 1.54) is 25.7 Å². The number of benzene rings is 1. The van der Waals surface area contributed by atoms with Crippen molar-refractivity contribution in [1.82, 2.24) is 10.2 Å². The minimum absolute atomic E-state index is 0.0570. The average Bonchev–Trinajstić information content (AvgIpc) is 2.73. The maximum atomic E-state index is 13.0. The third-order valence-electron chi connectivity index (χ3n) is 6.29. The summed E-state index contributed by atoms with van der Waals surface area (Å²) in [6.45, 7) is 2.99. The molecule has 1 aliphatic carbocycles. The summed E-state index contributed by atoms with van der Waals surface area (Å²) in [6.07, 6.45) is 6.95. The number of ketones is 1. The van der Waals surface area contributed by atoms with Crippen LogP contribution in [0.5, 0.6) is 0 Å². The monoisotopic (exact) mass is 390 g/mol. The van der Waals surface area contributed by atoms with E-state index in [9.17, 15) is 14.0 Å². The first-order valence-electron chi connectivity index (χ1n) is 10.4. The van der Waals surface area contributed by atoms with Gasteiger partial charge in [0.15, 0.2) is 5.78 Å². The van der Waals surface area contributed by atoms with Gasteiger partial charge in [0.2, 0.25) is 0 Å². The number of likely N-dealkylation sites (tertiary alicyclic amines) is 1. The van der Waals surface area contributed by atoms with Crippen LogP contribution in [0.2, 0.25) is 0 Å². The lowest BCUT2D eigenvalue weighted by Gasteiger charge is -2.34. The van der Waals surface area contributed by atoms with Gasteiger partial charge in [-0.2, -0.15) is 0 Å². The number of methoxy groups -OCH3 is 1. The molecule has 0 bridgehead atoms. The molecule has 0 atom stereocenters. The van der Waals surface area contributed by atoms with E-state index in [-0.39, 0.29) is 29.7 Å². The Balaban J connectivity index is 1.34. The van der Waals surface area contributed by atoms with Crippen LogP contribution in [0.3, 0.4) is 0 Å². The highest BCUT2D eigenvalue weighted by atomic mass is 19.1. The van der Waals surface area contributed by atoms with Crippen molar-refractivity contribution in [1.29, 1.82) is 0 Å². The molecular weight excluding hydrogens is 359 g/mol. The highest BCUT2D eigenvalue weighted by Crippen LogP contribution is 2.28. The molecule has 154 valence electrons. The number of piperidine rings is 1. The standard InChI is InChI=1S/C22H31FN2O3/c1-28-22(27)24-20-8-2-16(3-9-20)10-13-25-14-11-18(12-15-25)21(26)17-4-6-19(23)7-5-17/h4-7,16,18,20H,2-3,8-15H2,1H3,(H,24,27)/t16-,20-. The Morgan fingerprint density at radius 1 is 1.07 bits per heavy atom. The zero-order valence-electron chi connectivity index (χ0n) is 16.7. The summed E-state index contributed by atoms with van der Waals surface area (Å²) in [7, 11) is 1.40. The zero-order valence-corrected chi connectivity index (χ0v) is 16.7. The van der Waals surface area contributed by atoms with Gasteiger partial charge in [-0.15, -0.1) is 0 Å². The number of Topliss-reactive ketones (excluding diaryl/α,β-unsaturated/α-hetero) is 1. The molecule has 1 aromatic carbocycles. The summed E-state index contributed by atoms with van der Waals surface area (Å²) < 4.78 is 17.7. The van der Waals surface area contributed by atoms with Crippen molar-refractivity contribution in [3.63, 3.8) is 0 Å². The fraction of sp³-hybridized carbons (Fsp3) is 0.636. The van der Waals surface area contributed by atoms with Crippen molar-refractivity contribution in [2.24, 2.45) is 11.8 Å². The Labute approximate surface area is 166 Å². The van der Waals surface area contributed by atoms with Crippen molar-refractivity contribution in [3.8, 4) is 0 Å². The van der Waals surface area contributed by atoms with Gasteiger partial charge in [-0.25, -0.2) is 9.18 Å². The maximum Gasteiger partial charge on any atom is 0.407 e. The molecule has 1 aliphatic heterocycles. The van der Waals surface area contributed by atoms with Gasteiger partial charge < -0.3 is 15.0 Å². The first kappa shape index (κ1) is 20.8. The maximum absolute atomic E-state index is 13.0. The molecule has 0 radical (unpaired) electrons. The number of carbonyl (C=O) groups excluding carboxylic acids is 2. The number of hydrogen-bond acceptors (Lipinski definition) is 4. The molecule has 0 unspecified atom stereocenters. The number of ether oxygens (including phenoxy) is 1. The lowest BCUT2D eigenvalue weighted by atomic mass is 9.83. The lowest BCUT2D eigenvalue weighted by Crippen LogP contribution is -2.39. The topological polar surface area (TPSA) is 58.6 Å². The summed E-state index contributed by atoms with van der Waals surface area (Å²) in [6, 6.07) is 6.15. The van der Waals surface area contributed by atoms with Crippen molar-refractivity contribution in [2.75, 3.05) is 26.7 Å². The largest absolute Gasteiger partial charge is 0.453 e. The van der Waals surface area contributed by atoms with Gasteiger partial charge in [0.1, 0.15) is 5.82 Å². The Morgan fingerprint density at radius 2 is 1.71 bits per heavy atom.